The van der Waals surface area contributed by atoms with Gasteiger partial charge in [0.05, 0.1) is 13.0 Å². The Hall–Kier alpha value is -1.65. The number of hydrogen-bond donors (Lipinski definition) is 0. The van der Waals surface area contributed by atoms with Gasteiger partial charge in [-0.3, -0.25) is 14.4 Å². The van der Waals surface area contributed by atoms with Crippen LogP contribution >= 0.6 is 0 Å². The number of carbonyl (C=O) groups excluding carboxylic acids is 3. The SMILES string of the molecule is COC(=O)C1CCC2C1CC(=O)C1C2CC=C2CC(OC(C)=O)CCC21C. The molecule has 0 saturated heterocycles. The van der Waals surface area contributed by atoms with E-state index in [9.17, 15) is 14.4 Å². The second-order valence-electron chi connectivity index (χ2n) is 9.20. The highest BCUT2D eigenvalue weighted by molar-refractivity contribution is 5.85. The number of esters is 2. The van der Waals surface area contributed by atoms with Crippen LogP contribution in [0.3, 0.4) is 0 Å². The average molecular weight is 374 g/mol. The van der Waals surface area contributed by atoms with Crippen molar-refractivity contribution in [2.45, 2.75) is 64.9 Å². The van der Waals surface area contributed by atoms with Crippen molar-refractivity contribution in [2.24, 2.45) is 35.0 Å². The van der Waals surface area contributed by atoms with Gasteiger partial charge in [0.25, 0.3) is 0 Å². The standard InChI is InChI=1S/C22H30O5/c1-12(23)27-14-8-9-22(2)13(10-14)4-5-16-15-6-7-17(21(25)26-3)18(15)11-19(24)20(16)22/h4,14-18,20H,5-11H2,1-3H3. The molecule has 4 rings (SSSR count). The van der Waals surface area contributed by atoms with Crippen LogP contribution in [0, 0.1) is 35.0 Å². The molecule has 5 nitrogen and oxygen atoms in total. The van der Waals surface area contributed by atoms with Crippen LogP contribution in [0.25, 0.3) is 0 Å². The molecule has 0 amide bonds. The van der Waals surface area contributed by atoms with Crippen LogP contribution in [-0.2, 0) is 23.9 Å². The number of methoxy groups -OCH3 is 1. The zero-order valence-electron chi connectivity index (χ0n) is 16.5. The number of hydrogen-bond acceptors (Lipinski definition) is 5. The number of ether oxygens (including phenoxy) is 2. The van der Waals surface area contributed by atoms with Gasteiger partial charge in [-0.1, -0.05) is 18.6 Å². The molecule has 0 aromatic rings. The topological polar surface area (TPSA) is 69.7 Å². The lowest BCUT2D eigenvalue weighted by Gasteiger charge is -2.54. The van der Waals surface area contributed by atoms with Crippen molar-refractivity contribution < 1.29 is 23.9 Å². The zero-order valence-corrected chi connectivity index (χ0v) is 16.5. The van der Waals surface area contributed by atoms with Gasteiger partial charge < -0.3 is 9.47 Å². The molecule has 0 spiro atoms. The van der Waals surface area contributed by atoms with Crippen LogP contribution in [0.4, 0.5) is 0 Å². The normalized spacial score (nSPS) is 43.1. The molecule has 3 fully saturated rings. The maximum atomic E-state index is 13.3. The van der Waals surface area contributed by atoms with Crippen molar-refractivity contribution in [3.63, 3.8) is 0 Å². The minimum Gasteiger partial charge on any atom is -0.469 e. The monoisotopic (exact) mass is 374 g/mol. The molecule has 0 aliphatic heterocycles. The van der Waals surface area contributed by atoms with E-state index < -0.39 is 0 Å². The van der Waals surface area contributed by atoms with E-state index in [-0.39, 0.29) is 41.2 Å². The van der Waals surface area contributed by atoms with E-state index in [0.29, 0.717) is 24.0 Å². The third-order valence-electron chi connectivity index (χ3n) is 7.97. The molecule has 27 heavy (non-hydrogen) atoms. The number of Topliss-reactive ketones (excluding diaryl/α,β-unsaturated/α-hetero) is 1. The fourth-order valence-corrected chi connectivity index (χ4v) is 6.84. The van der Waals surface area contributed by atoms with Gasteiger partial charge in [-0.15, -0.1) is 0 Å². The highest BCUT2D eigenvalue weighted by Crippen LogP contribution is 2.61. The molecule has 3 saturated carbocycles. The van der Waals surface area contributed by atoms with Crippen LogP contribution < -0.4 is 0 Å². The lowest BCUT2D eigenvalue weighted by atomic mass is 9.50. The Morgan fingerprint density at radius 1 is 1.11 bits per heavy atom. The summed E-state index contributed by atoms with van der Waals surface area (Å²) < 4.78 is 10.5. The predicted molar refractivity (Wildman–Crippen MR) is 98.5 cm³/mol. The Labute approximate surface area is 160 Å². The number of ketones is 1. The van der Waals surface area contributed by atoms with Crippen molar-refractivity contribution in [1.29, 1.82) is 0 Å². The van der Waals surface area contributed by atoms with E-state index in [1.165, 1.54) is 19.6 Å². The number of rotatable bonds is 2. The lowest BCUT2D eigenvalue weighted by Crippen LogP contribution is -2.52. The molecule has 5 heteroatoms. The van der Waals surface area contributed by atoms with Crippen LogP contribution in [-0.4, -0.2) is 30.9 Å². The van der Waals surface area contributed by atoms with Gasteiger partial charge in [-0.25, -0.2) is 0 Å². The Balaban J connectivity index is 1.59. The summed E-state index contributed by atoms with van der Waals surface area (Å²) >= 11 is 0. The highest BCUT2D eigenvalue weighted by atomic mass is 16.5. The minimum absolute atomic E-state index is 0.0495. The van der Waals surface area contributed by atoms with Crippen molar-refractivity contribution in [3.05, 3.63) is 11.6 Å². The minimum atomic E-state index is -0.228. The van der Waals surface area contributed by atoms with Crippen LogP contribution in [0.15, 0.2) is 11.6 Å². The summed E-state index contributed by atoms with van der Waals surface area (Å²) in [5.41, 5.74) is 1.18. The zero-order chi connectivity index (χ0) is 19.3. The molecule has 4 aliphatic rings. The second-order valence-corrected chi connectivity index (χ2v) is 9.20. The second kappa shape index (κ2) is 6.75. The lowest BCUT2D eigenvalue weighted by molar-refractivity contribution is -0.153. The van der Waals surface area contributed by atoms with Crippen LogP contribution in [0.1, 0.15) is 58.8 Å². The van der Waals surface area contributed by atoms with Gasteiger partial charge in [0.1, 0.15) is 11.9 Å². The largest absolute Gasteiger partial charge is 0.469 e. The van der Waals surface area contributed by atoms with E-state index in [2.05, 4.69) is 13.0 Å². The maximum Gasteiger partial charge on any atom is 0.308 e. The smallest absolute Gasteiger partial charge is 0.308 e. The number of allylic oxidation sites excluding steroid dienone is 1. The van der Waals surface area contributed by atoms with Crippen molar-refractivity contribution in [1.82, 2.24) is 0 Å². The molecule has 0 N–H and O–H groups in total. The maximum absolute atomic E-state index is 13.3. The van der Waals surface area contributed by atoms with E-state index in [1.807, 2.05) is 0 Å². The summed E-state index contributed by atoms with van der Waals surface area (Å²) in [6.45, 7) is 3.70. The summed E-state index contributed by atoms with van der Waals surface area (Å²) in [6.07, 6.45) is 8.02. The molecule has 0 radical (unpaired) electrons. The molecule has 7 unspecified atom stereocenters. The molecule has 0 bridgehead atoms. The van der Waals surface area contributed by atoms with Crippen molar-refractivity contribution in [2.75, 3.05) is 7.11 Å². The first kappa shape index (κ1) is 18.7. The first-order valence-corrected chi connectivity index (χ1v) is 10.3. The Kier molecular flexibility index (Phi) is 4.68. The number of fused-ring (bicyclic) bond motifs is 5. The highest BCUT2D eigenvalue weighted by Gasteiger charge is 2.58. The molecular formula is C22H30O5. The van der Waals surface area contributed by atoms with Gasteiger partial charge in [0.15, 0.2) is 0 Å². The Morgan fingerprint density at radius 2 is 1.89 bits per heavy atom. The van der Waals surface area contributed by atoms with E-state index >= 15 is 0 Å². The summed E-state index contributed by atoms with van der Waals surface area (Å²) in [7, 11) is 1.45. The molecule has 148 valence electrons. The molecule has 0 aromatic heterocycles. The summed E-state index contributed by atoms with van der Waals surface area (Å²) in [5, 5.41) is 0. The van der Waals surface area contributed by atoms with E-state index in [4.69, 9.17) is 9.47 Å². The van der Waals surface area contributed by atoms with Gasteiger partial charge in [-0.2, -0.15) is 0 Å². The summed E-state index contributed by atoms with van der Waals surface area (Å²) in [6, 6.07) is 0. The molecular weight excluding hydrogens is 344 g/mol. The van der Waals surface area contributed by atoms with E-state index in [1.54, 1.807) is 0 Å². The fourth-order valence-electron chi connectivity index (χ4n) is 6.84. The molecule has 4 aliphatic carbocycles. The van der Waals surface area contributed by atoms with Crippen molar-refractivity contribution in [3.8, 4) is 0 Å². The first-order chi connectivity index (χ1) is 12.8. The molecule has 0 heterocycles. The van der Waals surface area contributed by atoms with Crippen LogP contribution in [0.2, 0.25) is 0 Å². The predicted octanol–water partition coefficient (Wildman–Crippen LogP) is 3.46. The van der Waals surface area contributed by atoms with Crippen molar-refractivity contribution >= 4 is 17.7 Å². The van der Waals surface area contributed by atoms with Gasteiger partial charge in [-0.05, 0) is 55.3 Å². The number of carbonyl (C=O) groups is 3. The average Bonchev–Trinajstić information content (AvgIpc) is 3.04. The van der Waals surface area contributed by atoms with Gasteiger partial charge in [0.2, 0.25) is 0 Å². The third kappa shape index (κ3) is 2.94. The van der Waals surface area contributed by atoms with Crippen LogP contribution in [0.5, 0.6) is 0 Å². The van der Waals surface area contributed by atoms with Gasteiger partial charge >= 0.3 is 11.9 Å². The Morgan fingerprint density at radius 3 is 2.59 bits per heavy atom. The third-order valence-corrected chi connectivity index (χ3v) is 7.97. The Bertz CT molecular complexity index is 695. The van der Waals surface area contributed by atoms with E-state index in [0.717, 1.165) is 38.5 Å². The fraction of sp³-hybridized carbons (Fsp3) is 0.773. The summed E-state index contributed by atoms with van der Waals surface area (Å²) in [5.74, 6) is 0.833. The first-order valence-electron chi connectivity index (χ1n) is 10.3. The summed E-state index contributed by atoms with van der Waals surface area (Å²) in [4.78, 5) is 36.8. The molecule has 7 atom stereocenters. The van der Waals surface area contributed by atoms with Gasteiger partial charge in [0, 0.05) is 25.7 Å². The quantitative estimate of drug-likeness (QED) is 0.547. The molecule has 0 aromatic carbocycles.